The van der Waals surface area contributed by atoms with Crippen molar-refractivity contribution in [2.24, 2.45) is 0 Å². The number of nitrogens with zero attached hydrogens (tertiary/aromatic N) is 1. The summed E-state index contributed by atoms with van der Waals surface area (Å²) >= 11 is 5.19. The van der Waals surface area contributed by atoms with Crippen molar-refractivity contribution in [3.63, 3.8) is 0 Å². The third-order valence-corrected chi connectivity index (χ3v) is 4.71. The number of nitro benzene ring substituents is 1. The monoisotopic (exact) mass is 448 g/mol. The molecule has 9 heteroatoms. The molecule has 8 nitrogen and oxygen atoms in total. The Morgan fingerprint density at radius 3 is 2.38 bits per heavy atom. The third-order valence-electron chi connectivity index (χ3n) is 4.51. The first-order valence-corrected chi connectivity index (χ1v) is 10.1. The maximum atomic E-state index is 12.6. The van der Waals surface area contributed by atoms with Crippen LogP contribution in [0.3, 0.4) is 0 Å². The van der Waals surface area contributed by atoms with Crippen LogP contribution in [-0.4, -0.2) is 28.4 Å². The molecule has 0 spiro atoms. The van der Waals surface area contributed by atoms with Gasteiger partial charge < -0.3 is 10.6 Å². The SMILES string of the molecule is O=C(NC(=S)Nc1ccccc1C(=O)NCCc1ccccc1)c1cccc([N+](=O)[O-])c1. The van der Waals surface area contributed by atoms with Crippen molar-refractivity contribution < 1.29 is 14.5 Å². The van der Waals surface area contributed by atoms with Gasteiger partial charge in [-0.25, -0.2) is 0 Å². The number of amides is 2. The first-order chi connectivity index (χ1) is 15.4. The Labute approximate surface area is 189 Å². The quantitative estimate of drug-likeness (QED) is 0.289. The van der Waals surface area contributed by atoms with Crippen LogP contribution in [0.15, 0.2) is 78.9 Å². The number of para-hydroxylation sites is 1. The van der Waals surface area contributed by atoms with Crippen LogP contribution in [0, 0.1) is 10.1 Å². The molecule has 0 bridgehead atoms. The highest BCUT2D eigenvalue weighted by molar-refractivity contribution is 7.80. The van der Waals surface area contributed by atoms with Crippen molar-refractivity contribution in [3.8, 4) is 0 Å². The molecule has 0 radical (unpaired) electrons. The van der Waals surface area contributed by atoms with Crippen LogP contribution < -0.4 is 16.0 Å². The number of thiocarbonyl (C=S) groups is 1. The van der Waals surface area contributed by atoms with Crippen molar-refractivity contribution in [1.82, 2.24) is 10.6 Å². The second kappa shape index (κ2) is 10.8. The predicted molar refractivity (Wildman–Crippen MR) is 126 cm³/mol. The lowest BCUT2D eigenvalue weighted by molar-refractivity contribution is -0.384. The van der Waals surface area contributed by atoms with E-state index in [1.807, 2.05) is 30.3 Å². The van der Waals surface area contributed by atoms with Crippen LogP contribution in [0.5, 0.6) is 0 Å². The molecule has 0 aliphatic rings. The summed E-state index contributed by atoms with van der Waals surface area (Å²) in [6.45, 7) is 0.463. The zero-order valence-corrected chi connectivity index (χ0v) is 17.7. The first-order valence-electron chi connectivity index (χ1n) is 9.72. The van der Waals surface area contributed by atoms with Crippen molar-refractivity contribution in [1.29, 1.82) is 0 Å². The van der Waals surface area contributed by atoms with Gasteiger partial charge in [0.1, 0.15) is 0 Å². The molecule has 0 heterocycles. The average Bonchev–Trinajstić information content (AvgIpc) is 2.80. The van der Waals surface area contributed by atoms with E-state index >= 15 is 0 Å². The number of nitro groups is 1. The minimum absolute atomic E-state index is 0.0361. The smallest absolute Gasteiger partial charge is 0.270 e. The highest BCUT2D eigenvalue weighted by Gasteiger charge is 2.15. The van der Waals surface area contributed by atoms with Gasteiger partial charge in [-0.3, -0.25) is 25.0 Å². The zero-order chi connectivity index (χ0) is 22.9. The Morgan fingerprint density at radius 2 is 1.62 bits per heavy atom. The summed E-state index contributed by atoms with van der Waals surface area (Å²) in [5.74, 6) is -0.882. The summed E-state index contributed by atoms with van der Waals surface area (Å²) in [6.07, 6.45) is 0.694. The fraction of sp³-hybridized carbons (Fsp3) is 0.0870. The molecule has 0 aromatic heterocycles. The number of hydrogen-bond acceptors (Lipinski definition) is 5. The zero-order valence-electron chi connectivity index (χ0n) is 16.9. The van der Waals surface area contributed by atoms with E-state index in [0.29, 0.717) is 24.2 Å². The molecule has 0 saturated carbocycles. The predicted octanol–water partition coefficient (Wildman–Crippen LogP) is 3.69. The molecule has 0 saturated heterocycles. The molecule has 0 atom stereocenters. The van der Waals surface area contributed by atoms with E-state index in [4.69, 9.17) is 12.2 Å². The molecule has 3 aromatic rings. The maximum absolute atomic E-state index is 12.6. The topological polar surface area (TPSA) is 113 Å². The molecule has 2 amide bonds. The second-order valence-electron chi connectivity index (χ2n) is 6.75. The molecule has 32 heavy (non-hydrogen) atoms. The number of non-ortho nitro benzene ring substituents is 1. The number of carbonyl (C=O) groups excluding carboxylic acids is 2. The Morgan fingerprint density at radius 1 is 0.906 bits per heavy atom. The van der Waals surface area contributed by atoms with E-state index in [2.05, 4.69) is 16.0 Å². The van der Waals surface area contributed by atoms with E-state index in [-0.39, 0.29) is 22.3 Å². The van der Waals surface area contributed by atoms with E-state index < -0.39 is 10.8 Å². The number of nitrogens with one attached hydrogen (secondary N) is 3. The fourth-order valence-corrected chi connectivity index (χ4v) is 3.14. The number of anilines is 1. The van der Waals surface area contributed by atoms with Gasteiger partial charge in [-0.1, -0.05) is 48.5 Å². The molecular formula is C23H20N4O4S. The minimum atomic E-state index is -0.601. The Balaban J connectivity index is 1.60. The molecular weight excluding hydrogens is 428 g/mol. The maximum Gasteiger partial charge on any atom is 0.270 e. The van der Waals surface area contributed by atoms with E-state index in [9.17, 15) is 19.7 Å². The lowest BCUT2D eigenvalue weighted by atomic mass is 10.1. The Kier molecular flexibility index (Phi) is 7.60. The van der Waals surface area contributed by atoms with Crippen molar-refractivity contribution >= 4 is 40.5 Å². The standard InChI is InChI=1S/C23H20N4O4S/c28-21(17-9-6-10-18(15-17)27(30)31)26-23(32)25-20-12-5-4-11-19(20)22(29)24-14-13-16-7-2-1-3-8-16/h1-12,15H,13-14H2,(H,24,29)(H2,25,26,28,32). The van der Waals surface area contributed by atoms with E-state index in [1.165, 1.54) is 18.2 Å². The van der Waals surface area contributed by atoms with Crippen LogP contribution in [0.2, 0.25) is 0 Å². The summed E-state index contributed by atoms with van der Waals surface area (Å²) in [6, 6.07) is 21.9. The lowest BCUT2D eigenvalue weighted by Gasteiger charge is -2.13. The van der Waals surface area contributed by atoms with Gasteiger partial charge in [0.2, 0.25) is 0 Å². The minimum Gasteiger partial charge on any atom is -0.352 e. The van der Waals surface area contributed by atoms with Crippen LogP contribution in [-0.2, 0) is 6.42 Å². The number of carbonyl (C=O) groups is 2. The van der Waals surface area contributed by atoms with Gasteiger partial charge in [-0.2, -0.15) is 0 Å². The van der Waals surface area contributed by atoms with Gasteiger partial charge in [0.25, 0.3) is 17.5 Å². The fourth-order valence-electron chi connectivity index (χ4n) is 2.94. The first kappa shape index (κ1) is 22.6. The number of hydrogen-bond donors (Lipinski definition) is 3. The third kappa shape index (κ3) is 6.19. The molecule has 0 aliphatic carbocycles. The summed E-state index contributed by atoms with van der Waals surface area (Å²) in [4.78, 5) is 35.3. The van der Waals surface area contributed by atoms with Gasteiger partial charge in [0, 0.05) is 24.2 Å². The highest BCUT2D eigenvalue weighted by atomic mass is 32.1. The van der Waals surface area contributed by atoms with Crippen LogP contribution >= 0.6 is 12.2 Å². The molecule has 3 N–H and O–H groups in total. The Hall–Kier alpha value is -4.11. The summed E-state index contributed by atoms with van der Waals surface area (Å²) in [5.41, 5.74) is 1.80. The highest BCUT2D eigenvalue weighted by Crippen LogP contribution is 2.16. The average molecular weight is 449 g/mol. The lowest BCUT2D eigenvalue weighted by Crippen LogP contribution is -2.35. The second-order valence-corrected chi connectivity index (χ2v) is 7.16. The van der Waals surface area contributed by atoms with E-state index in [1.54, 1.807) is 24.3 Å². The number of benzene rings is 3. The molecule has 0 unspecified atom stereocenters. The summed E-state index contributed by atoms with van der Waals surface area (Å²) in [7, 11) is 0. The van der Waals surface area contributed by atoms with Crippen molar-refractivity contribution in [3.05, 3.63) is 106 Å². The Bertz CT molecular complexity index is 1150. The molecule has 3 aromatic carbocycles. The van der Waals surface area contributed by atoms with Gasteiger partial charge in [0.15, 0.2) is 5.11 Å². The van der Waals surface area contributed by atoms with Gasteiger partial charge in [-0.15, -0.1) is 0 Å². The van der Waals surface area contributed by atoms with Gasteiger partial charge >= 0.3 is 0 Å². The summed E-state index contributed by atoms with van der Waals surface area (Å²) in [5, 5.41) is 19.0. The summed E-state index contributed by atoms with van der Waals surface area (Å²) < 4.78 is 0. The molecule has 0 fully saturated rings. The van der Waals surface area contributed by atoms with Crippen LogP contribution in [0.4, 0.5) is 11.4 Å². The van der Waals surface area contributed by atoms with Crippen molar-refractivity contribution in [2.45, 2.75) is 6.42 Å². The van der Waals surface area contributed by atoms with Crippen LogP contribution in [0.25, 0.3) is 0 Å². The number of rotatable bonds is 7. The molecule has 3 rings (SSSR count). The van der Waals surface area contributed by atoms with Crippen LogP contribution in [0.1, 0.15) is 26.3 Å². The van der Waals surface area contributed by atoms with E-state index in [0.717, 1.165) is 11.6 Å². The molecule has 0 aliphatic heterocycles. The van der Waals surface area contributed by atoms with Crippen molar-refractivity contribution in [2.75, 3.05) is 11.9 Å². The normalized spacial score (nSPS) is 10.1. The largest absolute Gasteiger partial charge is 0.352 e. The van der Waals surface area contributed by atoms with Gasteiger partial charge in [-0.05, 0) is 42.4 Å². The van der Waals surface area contributed by atoms with Gasteiger partial charge in [0.05, 0.1) is 16.2 Å². The molecule has 162 valence electrons.